The largest absolute Gasteiger partial charge is 0.379 e. The molecule has 0 unspecified atom stereocenters. The second kappa shape index (κ2) is 8.38. The average Bonchev–Trinajstić information content (AvgIpc) is 2.57. The molecule has 0 bridgehead atoms. The first-order chi connectivity index (χ1) is 11.2. The van der Waals surface area contributed by atoms with Crippen molar-refractivity contribution in [3.8, 4) is 18.1 Å². The fourth-order valence-corrected chi connectivity index (χ4v) is 1.55. The van der Waals surface area contributed by atoms with Crippen LogP contribution in [0.1, 0.15) is 13.3 Å². The summed E-state index contributed by atoms with van der Waals surface area (Å²) in [6.45, 7) is 3.04. The summed E-state index contributed by atoms with van der Waals surface area (Å²) < 4.78 is 12.9. The van der Waals surface area contributed by atoms with E-state index < -0.39 is 0 Å². The van der Waals surface area contributed by atoms with Crippen LogP contribution in [0.15, 0.2) is 24.3 Å². The highest BCUT2D eigenvalue weighted by atomic mass is 19.1. The van der Waals surface area contributed by atoms with Crippen molar-refractivity contribution >= 4 is 17.8 Å². The highest BCUT2D eigenvalue weighted by molar-refractivity contribution is 5.42. The maximum Gasteiger partial charge on any atom is 0.263 e. The molecule has 120 valence electrons. The minimum absolute atomic E-state index is 0.197. The fraction of sp³-hybridized carbons (Fsp3) is 0.267. The number of anilines is 3. The van der Waals surface area contributed by atoms with Crippen molar-refractivity contribution in [1.29, 1.82) is 0 Å². The molecule has 3 N–H and O–H groups in total. The Labute approximate surface area is 133 Å². The Morgan fingerprint density at radius 2 is 1.74 bits per heavy atom. The van der Waals surface area contributed by atoms with E-state index in [9.17, 15) is 4.39 Å². The lowest BCUT2D eigenvalue weighted by molar-refractivity contribution is 0.398. The SMILES string of the molecule is C#CCNc1nc(NCCC)nc(NOc2ccc(F)cc2)n1. The van der Waals surface area contributed by atoms with Crippen LogP contribution in [0.5, 0.6) is 5.75 Å². The number of terminal acetylenes is 1. The number of nitrogens with zero attached hydrogens (tertiary/aromatic N) is 3. The van der Waals surface area contributed by atoms with E-state index >= 15 is 0 Å². The molecule has 2 aromatic rings. The number of benzene rings is 1. The van der Waals surface area contributed by atoms with Crippen molar-refractivity contribution in [3.05, 3.63) is 30.1 Å². The average molecular weight is 316 g/mol. The van der Waals surface area contributed by atoms with Gasteiger partial charge >= 0.3 is 0 Å². The maximum atomic E-state index is 12.9. The van der Waals surface area contributed by atoms with Gasteiger partial charge in [-0.15, -0.1) is 6.42 Å². The van der Waals surface area contributed by atoms with Crippen LogP contribution in [0.4, 0.5) is 22.2 Å². The van der Waals surface area contributed by atoms with Crippen molar-refractivity contribution < 1.29 is 9.23 Å². The molecule has 0 saturated carbocycles. The fourth-order valence-electron chi connectivity index (χ4n) is 1.55. The van der Waals surface area contributed by atoms with E-state index in [4.69, 9.17) is 11.3 Å². The molecule has 0 atom stereocenters. The third-order valence-corrected chi connectivity index (χ3v) is 2.59. The van der Waals surface area contributed by atoms with Gasteiger partial charge in [-0.25, -0.2) is 4.39 Å². The molecule has 0 aliphatic rings. The summed E-state index contributed by atoms with van der Waals surface area (Å²) in [6, 6.07) is 5.55. The summed E-state index contributed by atoms with van der Waals surface area (Å²) in [7, 11) is 0. The summed E-state index contributed by atoms with van der Waals surface area (Å²) in [5.41, 5.74) is 2.60. The zero-order valence-corrected chi connectivity index (χ0v) is 12.6. The third-order valence-electron chi connectivity index (χ3n) is 2.59. The van der Waals surface area contributed by atoms with Crippen LogP contribution in [0.2, 0.25) is 0 Å². The molecule has 0 aliphatic carbocycles. The summed E-state index contributed by atoms with van der Waals surface area (Å²) in [5.74, 6) is 3.44. The van der Waals surface area contributed by atoms with Crippen LogP contribution >= 0.6 is 0 Å². The molecule has 1 aromatic heterocycles. The quantitative estimate of drug-likeness (QED) is 0.509. The molecule has 0 fully saturated rings. The molecule has 23 heavy (non-hydrogen) atoms. The maximum absolute atomic E-state index is 12.9. The van der Waals surface area contributed by atoms with Gasteiger partial charge in [-0.2, -0.15) is 20.4 Å². The van der Waals surface area contributed by atoms with Gasteiger partial charge in [-0.3, -0.25) is 0 Å². The molecule has 7 nitrogen and oxygen atoms in total. The topological polar surface area (TPSA) is 84.0 Å². The smallest absolute Gasteiger partial charge is 0.263 e. The van der Waals surface area contributed by atoms with Crippen LogP contribution in [0, 0.1) is 18.2 Å². The molecule has 0 saturated heterocycles. The van der Waals surface area contributed by atoms with E-state index in [1.807, 2.05) is 6.92 Å². The van der Waals surface area contributed by atoms with Crippen LogP contribution in [0.3, 0.4) is 0 Å². The van der Waals surface area contributed by atoms with E-state index in [1.54, 1.807) is 0 Å². The van der Waals surface area contributed by atoms with E-state index in [1.165, 1.54) is 24.3 Å². The Morgan fingerprint density at radius 3 is 2.39 bits per heavy atom. The number of halogens is 1. The molecule has 8 heteroatoms. The van der Waals surface area contributed by atoms with Gasteiger partial charge in [-0.1, -0.05) is 12.8 Å². The lowest BCUT2D eigenvalue weighted by Gasteiger charge is -2.10. The first kappa shape index (κ1) is 16.3. The molecular formula is C15H17FN6O. The van der Waals surface area contributed by atoms with Gasteiger partial charge in [0.1, 0.15) is 5.82 Å². The molecule has 1 heterocycles. The Hall–Kier alpha value is -3.08. The monoisotopic (exact) mass is 316 g/mol. The Morgan fingerprint density at radius 1 is 1.09 bits per heavy atom. The highest BCUT2D eigenvalue weighted by Crippen LogP contribution is 2.13. The van der Waals surface area contributed by atoms with Crippen molar-refractivity contribution in [1.82, 2.24) is 15.0 Å². The number of aromatic nitrogens is 3. The summed E-state index contributed by atoms with van der Waals surface area (Å²) in [6.07, 6.45) is 6.13. The molecule has 2 rings (SSSR count). The predicted molar refractivity (Wildman–Crippen MR) is 86.6 cm³/mol. The van der Waals surface area contributed by atoms with E-state index in [0.717, 1.165) is 13.0 Å². The van der Waals surface area contributed by atoms with Crippen LogP contribution in [-0.4, -0.2) is 28.0 Å². The third kappa shape index (κ3) is 5.32. The van der Waals surface area contributed by atoms with Gasteiger partial charge in [0, 0.05) is 6.54 Å². The van der Waals surface area contributed by atoms with E-state index in [0.29, 0.717) is 17.6 Å². The van der Waals surface area contributed by atoms with Gasteiger partial charge in [0.15, 0.2) is 5.75 Å². The second-order valence-electron chi connectivity index (χ2n) is 4.45. The minimum atomic E-state index is -0.343. The van der Waals surface area contributed by atoms with Crippen LogP contribution < -0.4 is 21.0 Å². The molecule has 0 aliphatic heterocycles. The molecular weight excluding hydrogens is 299 g/mol. The second-order valence-corrected chi connectivity index (χ2v) is 4.45. The predicted octanol–water partition coefficient (Wildman–Crippen LogP) is 2.28. The lowest BCUT2D eigenvalue weighted by Crippen LogP contribution is -2.14. The van der Waals surface area contributed by atoms with Gasteiger partial charge in [0.2, 0.25) is 11.9 Å². The number of hydrogen-bond acceptors (Lipinski definition) is 7. The van der Waals surface area contributed by atoms with Crippen LogP contribution in [-0.2, 0) is 0 Å². The molecule has 0 radical (unpaired) electrons. The zero-order chi connectivity index (χ0) is 16.5. The summed E-state index contributed by atoms with van der Waals surface area (Å²) in [4.78, 5) is 17.8. The number of hydrogen-bond donors (Lipinski definition) is 3. The zero-order valence-electron chi connectivity index (χ0n) is 12.6. The first-order valence-electron chi connectivity index (χ1n) is 7.07. The Bertz CT molecular complexity index is 671. The lowest BCUT2D eigenvalue weighted by atomic mass is 10.3. The van der Waals surface area contributed by atoms with Crippen molar-refractivity contribution in [3.63, 3.8) is 0 Å². The number of nitrogens with one attached hydrogen (secondary N) is 3. The van der Waals surface area contributed by atoms with Crippen molar-refractivity contribution in [2.45, 2.75) is 13.3 Å². The number of rotatable bonds is 8. The molecule has 1 aromatic carbocycles. The Kier molecular flexibility index (Phi) is 5.94. The normalized spacial score (nSPS) is 9.78. The van der Waals surface area contributed by atoms with E-state index in [2.05, 4.69) is 37.0 Å². The minimum Gasteiger partial charge on any atom is -0.379 e. The van der Waals surface area contributed by atoms with Gasteiger partial charge in [-0.05, 0) is 30.7 Å². The summed E-state index contributed by atoms with van der Waals surface area (Å²) >= 11 is 0. The molecule has 0 amide bonds. The van der Waals surface area contributed by atoms with E-state index in [-0.39, 0.29) is 18.3 Å². The summed E-state index contributed by atoms with van der Waals surface area (Å²) in [5, 5.41) is 5.93. The standard InChI is InChI=1S/C15H17FN6O/c1-3-9-17-13-19-14(18-10-4-2)21-15(20-13)22-23-12-7-5-11(16)6-8-12/h1,5-8H,4,9-10H2,2H3,(H3,17,18,19,20,21,22). The van der Waals surface area contributed by atoms with Gasteiger partial charge in [0.05, 0.1) is 6.54 Å². The first-order valence-corrected chi connectivity index (χ1v) is 7.07. The highest BCUT2D eigenvalue weighted by Gasteiger charge is 2.06. The van der Waals surface area contributed by atoms with Gasteiger partial charge < -0.3 is 15.5 Å². The van der Waals surface area contributed by atoms with Crippen molar-refractivity contribution in [2.24, 2.45) is 0 Å². The Balaban J connectivity index is 2.08. The van der Waals surface area contributed by atoms with Crippen LogP contribution in [0.25, 0.3) is 0 Å². The van der Waals surface area contributed by atoms with Gasteiger partial charge in [0.25, 0.3) is 5.95 Å². The molecule has 0 spiro atoms. The van der Waals surface area contributed by atoms with Crippen molar-refractivity contribution in [2.75, 3.05) is 29.2 Å².